The maximum absolute atomic E-state index is 9.96. The summed E-state index contributed by atoms with van der Waals surface area (Å²) in [5, 5.41) is 12.5. The fourth-order valence-electron chi connectivity index (χ4n) is 3.62. The summed E-state index contributed by atoms with van der Waals surface area (Å²) < 4.78 is 6.80. The van der Waals surface area contributed by atoms with Crippen LogP contribution in [0, 0.1) is 0 Å². The monoisotopic (exact) mass is 368 g/mol. The summed E-state index contributed by atoms with van der Waals surface area (Å²) in [4.78, 5) is 0. The van der Waals surface area contributed by atoms with Crippen LogP contribution in [-0.4, -0.2) is 26.1 Å². The van der Waals surface area contributed by atoms with E-state index in [1.165, 1.54) is 10.4 Å². The van der Waals surface area contributed by atoms with Gasteiger partial charge < -0.3 is 9.53 Å². The average molecular weight is 369 g/mol. The Kier molecular flexibility index (Phi) is 7.39. The van der Waals surface area contributed by atoms with Crippen LogP contribution < -0.4 is 10.4 Å². The van der Waals surface area contributed by atoms with E-state index in [9.17, 15) is 5.11 Å². The predicted molar refractivity (Wildman–Crippen MR) is 114 cm³/mol. The third-order valence-corrected chi connectivity index (χ3v) is 9.90. The zero-order valence-corrected chi connectivity index (χ0v) is 17.3. The van der Waals surface area contributed by atoms with Gasteiger partial charge in [-0.15, -0.1) is 6.58 Å². The molecule has 0 amide bonds. The Morgan fingerprint density at radius 1 is 1.00 bits per heavy atom. The Hall–Kier alpha value is -1.68. The maximum atomic E-state index is 9.96. The first-order chi connectivity index (χ1) is 12.4. The first-order valence-corrected chi connectivity index (χ1v) is 11.4. The third kappa shape index (κ3) is 4.73. The van der Waals surface area contributed by atoms with Gasteiger partial charge in [-0.25, -0.2) is 0 Å². The number of hydrogen-bond acceptors (Lipinski definition) is 2. The lowest BCUT2D eigenvalue weighted by Crippen LogP contribution is -2.66. The summed E-state index contributed by atoms with van der Waals surface area (Å²) in [5.41, 5.74) is 0. The summed E-state index contributed by atoms with van der Waals surface area (Å²) >= 11 is 0. The zero-order chi connectivity index (χ0) is 19.0. The third-order valence-electron chi connectivity index (χ3n) is 4.86. The second kappa shape index (κ2) is 9.31. The van der Waals surface area contributed by atoms with E-state index in [-0.39, 0.29) is 11.1 Å². The van der Waals surface area contributed by atoms with Crippen LogP contribution in [0.3, 0.4) is 0 Å². The molecule has 2 rings (SSSR count). The molecule has 2 aromatic rings. The van der Waals surface area contributed by atoms with Crippen molar-refractivity contribution in [3.05, 3.63) is 73.3 Å². The molecule has 0 aliphatic rings. The molecule has 3 heteroatoms. The molecule has 0 fully saturated rings. The SMILES string of the molecule is C=CC[C@@H](O)CCCO[Si](c1ccccc1)(c1ccccc1)C(C)(C)C. The van der Waals surface area contributed by atoms with E-state index in [1.54, 1.807) is 6.08 Å². The second-order valence-corrected chi connectivity index (χ2v) is 12.1. The van der Waals surface area contributed by atoms with Gasteiger partial charge in [-0.3, -0.25) is 0 Å². The first kappa shape index (κ1) is 20.6. The number of aliphatic hydroxyl groups excluding tert-OH is 1. The van der Waals surface area contributed by atoms with E-state index >= 15 is 0 Å². The van der Waals surface area contributed by atoms with Gasteiger partial charge in [-0.05, 0) is 34.7 Å². The van der Waals surface area contributed by atoms with Crippen LogP contribution in [0.4, 0.5) is 0 Å². The van der Waals surface area contributed by atoms with Crippen molar-refractivity contribution in [1.82, 2.24) is 0 Å². The second-order valence-electron chi connectivity index (χ2n) is 7.83. The van der Waals surface area contributed by atoms with E-state index in [2.05, 4.69) is 88.0 Å². The molecule has 2 aromatic carbocycles. The number of hydrogen-bond donors (Lipinski definition) is 1. The van der Waals surface area contributed by atoms with E-state index < -0.39 is 8.32 Å². The van der Waals surface area contributed by atoms with Crippen molar-refractivity contribution in [3.63, 3.8) is 0 Å². The van der Waals surface area contributed by atoms with Crippen molar-refractivity contribution in [3.8, 4) is 0 Å². The van der Waals surface area contributed by atoms with Gasteiger partial charge in [-0.1, -0.05) is 87.5 Å². The summed E-state index contributed by atoms with van der Waals surface area (Å²) in [6.07, 6.45) is 3.67. The molecule has 0 radical (unpaired) electrons. The largest absolute Gasteiger partial charge is 0.407 e. The molecule has 0 heterocycles. The van der Waals surface area contributed by atoms with Gasteiger partial charge in [0.1, 0.15) is 0 Å². The molecule has 1 N–H and O–H groups in total. The highest BCUT2D eigenvalue weighted by molar-refractivity contribution is 6.99. The lowest BCUT2D eigenvalue weighted by molar-refractivity contribution is 0.154. The van der Waals surface area contributed by atoms with Crippen molar-refractivity contribution in [2.75, 3.05) is 6.61 Å². The van der Waals surface area contributed by atoms with Crippen LogP contribution >= 0.6 is 0 Å². The molecule has 0 aromatic heterocycles. The molecule has 26 heavy (non-hydrogen) atoms. The molecule has 140 valence electrons. The normalized spacial score (nSPS) is 13.4. The van der Waals surface area contributed by atoms with Gasteiger partial charge in [0.05, 0.1) is 6.10 Å². The zero-order valence-electron chi connectivity index (χ0n) is 16.3. The average Bonchev–Trinajstić information content (AvgIpc) is 2.62. The molecule has 0 spiro atoms. The van der Waals surface area contributed by atoms with E-state index in [0.717, 1.165) is 12.8 Å². The standard InChI is InChI=1S/C23H32O2Si/c1-5-13-20(24)14-12-19-25-26(23(2,3)4,21-15-8-6-9-16-21)22-17-10-7-11-18-22/h5-11,15-18,20,24H,1,12-14,19H2,2-4H3/t20-/m1/s1. The summed E-state index contributed by atoms with van der Waals surface area (Å²) in [6.45, 7) is 11.2. The van der Waals surface area contributed by atoms with Gasteiger partial charge in [0, 0.05) is 6.61 Å². The molecule has 0 aliphatic heterocycles. The Morgan fingerprint density at radius 2 is 1.50 bits per heavy atom. The fourth-order valence-corrected chi connectivity index (χ4v) is 8.22. The summed E-state index contributed by atoms with van der Waals surface area (Å²) in [5.74, 6) is 0. The predicted octanol–water partition coefficient (Wildman–Crippen LogP) is 4.28. The Morgan fingerprint density at radius 3 is 1.92 bits per heavy atom. The van der Waals surface area contributed by atoms with Crippen molar-refractivity contribution in [1.29, 1.82) is 0 Å². The molecular formula is C23H32O2Si. The molecule has 0 saturated carbocycles. The highest BCUT2D eigenvalue weighted by Crippen LogP contribution is 2.36. The quantitative estimate of drug-likeness (QED) is 0.407. The molecule has 0 saturated heterocycles. The van der Waals surface area contributed by atoms with Crippen LogP contribution in [-0.2, 0) is 4.43 Å². The number of rotatable bonds is 9. The minimum absolute atomic E-state index is 0.00452. The summed E-state index contributed by atoms with van der Waals surface area (Å²) in [7, 11) is -2.44. The molecule has 0 bridgehead atoms. The Labute approximate surface area is 159 Å². The van der Waals surface area contributed by atoms with Gasteiger partial charge in [0.2, 0.25) is 0 Å². The van der Waals surface area contributed by atoms with Crippen molar-refractivity contribution < 1.29 is 9.53 Å². The highest BCUT2D eigenvalue weighted by Gasteiger charge is 2.49. The van der Waals surface area contributed by atoms with E-state index in [4.69, 9.17) is 4.43 Å². The Bertz CT molecular complexity index is 622. The number of benzene rings is 2. The van der Waals surface area contributed by atoms with E-state index in [0.29, 0.717) is 13.0 Å². The van der Waals surface area contributed by atoms with Crippen LogP contribution in [0.2, 0.25) is 5.04 Å². The van der Waals surface area contributed by atoms with Crippen LogP contribution in [0.25, 0.3) is 0 Å². The van der Waals surface area contributed by atoms with Crippen molar-refractivity contribution >= 4 is 18.7 Å². The first-order valence-electron chi connectivity index (χ1n) is 9.46. The number of aliphatic hydroxyl groups is 1. The van der Waals surface area contributed by atoms with Gasteiger partial charge in [0.25, 0.3) is 8.32 Å². The topological polar surface area (TPSA) is 29.5 Å². The lowest BCUT2D eigenvalue weighted by atomic mass is 10.1. The summed E-state index contributed by atoms with van der Waals surface area (Å²) in [6, 6.07) is 21.3. The Balaban J connectivity index is 2.33. The van der Waals surface area contributed by atoms with E-state index in [1.807, 2.05) is 0 Å². The van der Waals surface area contributed by atoms with Gasteiger partial charge >= 0.3 is 0 Å². The minimum Gasteiger partial charge on any atom is -0.407 e. The van der Waals surface area contributed by atoms with Crippen LogP contribution in [0.15, 0.2) is 73.3 Å². The fraction of sp³-hybridized carbons (Fsp3) is 0.391. The van der Waals surface area contributed by atoms with Gasteiger partial charge in [-0.2, -0.15) is 0 Å². The molecule has 0 aliphatic carbocycles. The van der Waals surface area contributed by atoms with Crippen molar-refractivity contribution in [2.24, 2.45) is 0 Å². The minimum atomic E-state index is -2.44. The molecule has 2 nitrogen and oxygen atoms in total. The van der Waals surface area contributed by atoms with Gasteiger partial charge in [0.15, 0.2) is 0 Å². The molecule has 1 atom stereocenters. The smallest absolute Gasteiger partial charge is 0.261 e. The van der Waals surface area contributed by atoms with Crippen LogP contribution in [0.5, 0.6) is 0 Å². The van der Waals surface area contributed by atoms with Crippen molar-refractivity contribution in [2.45, 2.75) is 51.2 Å². The lowest BCUT2D eigenvalue weighted by Gasteiger charge is -2.43. The molecular weight excluding hydrogens is 336 g/mol. The maximum Gasteiger partial charge on any atom is 0.261 e. The van der Waals surface area contributed by atoms with Crippen LogP contribution in [0.1, 0.15) is 40.0 Å². The highest BCUT2D eigenvalue weighted by atomic mass is 28.4. The molecule has 0 unspecified atom stereocenters.